The molecule has 0 aliphatic rings. The average Bonchev–Trinajstić information content (AvgIpc) is 2.42. The van der Waals surface area contributed by atoms with Crippen LogP contribution in [0.4, 0.5) is 13.2 Å². The number of amides is 1. The molecule has 110 valence electrons. The van der Waals surface area contributed by atoms with E-state index >= 15 is 0 Å². The van der Waals surface area contributed by atoms with Gasteiger partial charge in [-0.25, -0.2) is 0 Å². The van der Waals surface area contributed by atoms with Gasteiger partial charge < -0.3 is 9.64 Å². The maximum atomic E-state index is 12.5. The van der Waals surface area contributed by atoms with Gasteiger partial charge in [-0.2, -0.15) is 13.2 Å². The summed E-state index contributed by atoms with van der Waals surface area (Å²) in [4.78, 5) is 26.7. The predicted molar refractivity (Wildman–Crippen MR) is 62.3 cm³/mol. The van der Waals surface area contributed by atoms with Crippen LogP contribution in [-0.2, 0) is 20.9 Å². The molecule has 1 aromatic rings. The normalized spacial score (nSPS) is 11.0. The second-order valence-electron chi connectivity index (χ2n) is 3.87. The van der Waals surface area contributed by atoms with Crippen LogP contribution < -0.4 is 0 Å². The van der Waals surface area contributed by atoms with Gasteiger partial charge in [0.15, 0.2) is 0 Å². The summed E-state index contributed by atoms with van der Waals surface area (Å²) in [5.74, 6) is -2.70. The maximum Gasteiger partial charge on any atom is 0.471 e. The number of hydrogen-bond donors (Lipinski definition) is 0. The van der Waals surface area contributed by atoms with E-state index < -0.39 is 18.1 Å². The van der Waals surface area contributed by atoms with Crippen LogP contribution in [0, 0.1) is 0 Å². The van der Waals surface area contributed by atoms with Crippen LogP contribution in [0.1, 0.15) is 12.1 Å². The smallest absolute Gasteiger partial charge is 0.469 e. The lowest BCUT2D eigenvalue weighted by Crippen LogP contribution is -2.41. The van der Waals surface area contributed by atoms with E-state index in [-0.39, 0.29) is 19.5 Å². The number of alkyl halides is 3. The zero-order valence-electron chi connectivity index (χ0n) is 10.7. The van der Waals surface area contributed by atoms with Crippen molar-refractivity contribution in [2.45, 2.75) is 19.1 Å². The Labute approximate surface area is 113 Å². The Balaban J connectivity index is 2.79. The molecule has 0 saturated carbocycles. The molecule has 0 spiro atoms. The van der Waals surface area contributed by atoms with Crippen molar-refractivity contribution in [2.75, 3.05) is 13.7 Å². The van der Waals surface area contributed by atoms with E-state index in [0.29, 0.717) is 10.6 Å². The number of hydrogen-bond acceptors (Lipinski definition) is 4. The minimum absolute atomic E-state index is 0.301. The molecule has 0 aliphatic heterocycles. The van der Waals surface area contributed by atoms with Crippen molar-refractivity contribution in [2.24, 2.45) is 0 Å². The van der Waals surface area contributed by atoms with Crippen LogP contribution in [0.3, 0.4) is 0 Å². The third-order valence-corrected chi connectivity index (χ3v) is 2.42. The van der Waals surface area contributed by atoms with Gasteiger partial charge in [0.05, 0.1) is 25.8 Å². The first-order valence-electron chi connectivity index (χ1n) is 5.67. The summed E-state index contributed by atoms with van der Waals surface area (Å²) < 4.78 is 41.8. The van der Waals surface area contributed by atoms with E-state index in [1.807, 2.05) is 0 Å². The van der Waals surface area contributed by atoms with Crippen LogP contribution in [0.2, 0.25) is 0 Å². The van der Waals surface area contributed by atoms with Crippen molar-refractivity contribution in [3.8, 4) is 0 Å². The number of rotatable bonds is 5. The minimum atomic E-state index is -5.00. The molecule has 8 heteroatoms. The molecule has 0 aromatic carbocycles. The van der Waals surface area contributed by atoms with E-state index in [2.05, 4.69) is 9.72 Å². The fourth-order valence-electron chi connectivity index (χ4n) is 1.45. The van der Waals surface area contributed by atoms with Gasteiger partial charge in [0.25, 0.3) is 0 Å². The largest absolute Gasteiger partial charge is 0.471 e. The van der Waals surface area contributed by atoms with Gasteiger partial charge in [0.2, 0.25) is 0 Å². The fourth-order valence-corrected chi connectivity index (χ4v) is 1.45. The number of methoxy groups -OCH3 is 1. The summed E-state index contributed by atoms with van der Waals surface area (Å²) in [6.45, 7) is -0.711. The Bertz CT molecular complexity index is 463. The van der Waals surface area contributed by atoms with Gasteiger partial charge in [-0.1, -0.05) is 6.07 Å². The second-order valence-corrected chi connectivity index (χ2v) is 3.87. The zero-order chi connectivity index (χ0) is 15.2. The Kier molecular flexibility index (Phi) is 5.48. The van der Waals surface area contributed by atoms with E-state index in [9.17, 15) is 22.8 Å². The second kappa shape index (κ2) is 6.88. The highest BCUT2D eigenvalue weighted by Gasteiger charge is 2.42. The van der Waals surface area contributed by atoms with Crippen molar-refractivity contribution in [1.82, 2.24) is 9.88 Å². The standard InChI is InChI=1S/C12H13F3N2O3/c1-20-10(18)5-7-17(11(19)12(13,14)15)8-9-4-2-3-6-16-9/h2-4,6H,5,7-8H2,1H3. The molecule has 0 saturated heterocycles. The number of pyridine rings is 1. The molecular formula is C12H13F3N2O3. The van der Waals surface area contributed by atoms with Crippen molar-refractivity contribution < 1.29 is 27.5 Å². The molecule has 1 rings (SSSR count). The quantitative estimate of drug-likeness (QED) is 0.772. The lowest BCUT2D eigenvalue weighted by molar-refractivity contribution is -0.186. The van der Waals surface area contributed by atoms with E-state index in [4.69, 9.17) is 0 Å². The molecule has 1 aromatic heterocycles. The molecule has 20 heavy (non-hydrogen) atoms. The Morgan fingerprint density at radius 2 is 2.05 bits per heavy atom. The summed E-state index contributed by atoms with van der Waals surface area (Å²) in [6, 6.07) is 4.70. The summed E-state index contributed by atoms with van der Waals surface area (Å²) in [5, 5.41) is 0. The monoisotopic (exact) mass is 290 g/mol. The SMILES string of the molecule is COC(=O)CCN(Cc1ccccn1)C(=O)C(F)(F)F. The third kappa shape index (κ3) is 4.87. The van der Waals surface area contributed by atoms with Gasteiger partial charge in [0, 0.05) is 12.7 Å². The molecule has 1 heterocycles. The van der Waals surface area contributed by atoms with Gasteiger partial charge in [-0.05, 0) is 12.1 Å². The van der Waals surface area contributed by atoms with Gasteiger partial charge in [0.1, 0.15) is 0 Å². The number of carbonyl (C=O) groups is 2. The predicted octanol–water partition coefficient (Wildman–Crippen LogP) is 1.54. The molecule has 0 unspecified atom stereocenters. The summed E-state index contributed by atoms with van der Waals surface area (Å²) >= 11 is 0. The molecule has 5 nitrogen and oxygen atoms in total. The average molecular weight is 290 g/mol. The number of esters is 1. The minimum Gasteiger partial charge on any atom is -0.469 e. The summed E-state index contributed by atoms with van der Waals surface area (Å²) in [5.41, 5.74) is 0.301. The highest BCUT2D eigenvalue weighted by Crippen LogP contribution is 2.20. The first-order valence-corrected chi connectivity index (χ1v) is 5.67. The number of aromatic nitrogens is 1. The topological polar surface area (TPSA) is 59.5 Å². The number of ether oxygens (including phenoxy) is 1. The summed E-state index contributed by atoms with van der Waals surface area (Å²) in [6.07, 6.45) is -3.90. The number of nitrogens with zero attached hydrogens (tertiary/aromatic N) is 2. The van der Waals surface area contributed by atoms with Crippen LogP contribution in [-0.4, -0.2) is 41.6 Å². The first kappa shape index (κ1) is 15.9. The molecule has 0 atom stereocenters. The van der Waals surface area contributed by atoms with E-state index in [1.165, 1.54) is 12.3 Å². The third-order valence-electron chi connectivity index (χ3n) is 2.42. The molecule has 0 bridgehead atoms. The van der Waals surface area contributed by atoms with E-state index in [0.717, 1.165) is 7.11 Å². The summed E-state index contributed by atoms with van der Waals surface area (Å²) in [7, 11) is 1.12. The van der Waals surface area contributed by atoms with E-state index in [1.54, 1.807) is 12.1 Å². The highest BCUT2D eigenvalue weighted by molar-refractivity contribution is 5.82. The highest BCUT2D eigenvalue weighted by atomic mass is 19.4. The Morgan fingerprint density at radius 1 is 1.35 bits per heavy atom. The number of carbonyl (C=O) groups excluding carboxylic acids is 2. The molecular weight excluding hydrogens is 277 g/mol. The van der Waals surface area contributed by atoms with Crippen molar-refractivity contribution in [1.29, 1.82) is 0 Å². The zero-order valence-corrected chi connectivity index (χ0v) is 10.7. The molecule has 0 N–H and O–H groups in total. The van der Waals surface area contributed by atoms with Crippen LogP contribution in [0.5, 0.6) is 0 Å². The molecule has 0 aliphatic carbocycles. The molecule has 0 fully saturated rings. The van der Waals surface area contributed by atoms with Crippen molar-refractivity contribution in [3.63, 3.8) is 0 Å². The first-order chi connectivity index (χ1) is 9.34. The van der Waals surface area contributed by atoms with Gasteiger partial charge >= 0.3 is 18.1 Å². The Morgan fingerprint density at radius 3 is 2.55 bits per heavy atom. The van der Waals surface area contributed by atoms with Crippen molar-refractivity contribution in [3.05, 3.63) is 30.1 Å². The molecule has 1 amide bonds. The number of halogens is 3. The van der Waals surface area contributed by atoms with Crippen molar-refractivity contribution >= 4 is 11.9 Å². The van der Waals surface area contributed by atoms with Crippen LogP contribution >= 0.6 is 0 Å². The van der Waals surface area contributed by atoms with Crippen LogP contribution in [0.25, 0.3) is 0 Å². The fraction of sp³-hybridized carbons (Fsp3) is 0.417. The van der Waals surface area contributed by atoms with Crippen LogP contribution in [0.15, 0.2) is 24.4 Å². The lowest BCUT2D eigenvalue weighted by atomic mass is 10.3. The Hall–Kier alpha value is -2.12. The maximum absolute atomic E-state index is 12.5. The molecule has 0 radical (unpaired) electrons. The lowest BCUT2D eigenvalue weighted by Gasteiger charge is -2.22. The van der Waals surface area contributed by atoms with Gasteiger partial charge in [-0.15, -0.1) is 0 Å². The van der Waals surface area contributed by atoms with Gasteiger partial charge in [-0.3, -0.25) is 14.6 Å².